The minimum absolute atomic E-state index is 0.293. The molecular formula is C31H53N. The monoisotopic (exact) mass is 439 g/mol. The summed E-state index contributed by atoms with van der Waals surface area (Å²) in [5.74, 6) is 0.293. The molecule has 1 heteroatoms. The number of aryl methyl sites for hydroxylation is 1. The molecule has 1 aromatic rings. The lowest BCUT2D eigenvalue weighted by Gasteiger charge is -2.41. The van der Waals surface area contributed by atoms with E-state index in [1.165, 1.54) is 65.5 Å². The van der Waals surface area contributed by atoms with Crippen molar-refractivity contribution in [3.8, 4) is 0 Å². The highest BCUT2D eigenvalue weighted by Crippen LogP contribution is 2.43. The molecule has 0 fully saturated rings. The molecule has 0 spiro atoms. The van der Waals surface area contributed by atoms with Crippen molar-refractivity contribution < 1.29 is 0 Å². The average molecular weight is 440 g/mol. The molecular weight excluding hydrogens is 386 g/mol. The number of hydrogen-bond donors (Lipinski definition) is 1. The second-order valence-corrected chi connectivity index (χ2v) is 9.86. The van der Waals surface area contributed by atoms with Gasteiger partial charge in [-0.2, -0.15) is 0 Å². The van der Waals surface area contributed by atoms with E-state index >= 15 is 0 Å². The van der Waals surface area contributed by atoms with Crippen LogP contribution in [0.4, 0.5) is 0 Å². The number of unbranched alkanes of at least 4 members (excludes halogenated alkanes) is 2. The van der Waals surface area contributed by atoms with Gasteiger partial charge in [-0.05, 0) is 69.6 Å². The van der Waals surface area contributed by atoms with Gasteiger partial charge >= 0.3 is 0 Å². The summed E-state index contributed by atoms with van der Waals surface area (Å²) in [7, 11) is 0. The Morgan fingerprint density at radius 2 is 1.62 bits per heavy atom. The van der Waals surface area contributed by atoms with Crippen LogP contribution in [0.15, 0.2) is 54.2 Å². The molecule has 2 N–H and O–H groups in total. The minimum Gasteiger partial charge on any atom is -0.318 e. The maximum absolute atomic E-state index is 7.10. The summed E-state index contributed by atoms with van der Waals surface area (Å²) in [5.41, 5.74) is 14.4. The van der Waals surface area contributed by atoms with E-state index in [-0.39, 0.29) is 0 Å². The van der Waals surface area contributed by atoms with Crippen molar-refractivity contribution in [2.45, 2.75) is 119 Å². The van der Waals surface area contributed by atoms with E-state index in [1.54, 1.807) is 0 Å². The predicted octanol–water partition coefficient (Wildman–Crippen LogP) is 9.46. The van der Waals surface area contributed by atoms with Crippen LogP contribution in [0, 0.1) is 5.92 Å². The Bertz CT molecular complexity index is 722. The molecule has 2 rings (SSSR count). The summed E-state index contributed by atoms with van der Waals surface area (Å²) in [6.07, 6.45) is 12.8. The van der Waals surface area contributed by atoms with Gasteiger partial charge in [-0.15, -0.1) is 0 Å². The molecule has 182 valence electrons. The van der Waals surface area contributed by atoms with Crippen LogP contribution in [0.5, 0.6) is 0 Å². The minimum atomic E-state index is -0.457. The van der Waals surface area contributed by atoms with E-state index in [4.69, 9.17) is 5.73 Å². The van der Waals surface area contributed by atoms with Crippen molar-refractivity contribution in [1.82, 2.24) is 0 Å². The Hall–Kier alpha value is -1.60. The van der Waals surface area contributed by atoms with E-state index in [0.29, 0.717) is 5.92 Å². The smallest absolute Gasteiger partial charge is 0.0666 e. The molecule has 1 aliphatic carbocycles. The van der Waals surface area contributed by atoms with E-state index in [2.05, 4.69) is 92.8 Å². The quantitative estimate of drug-likeness (QED) is 0.317. The lowest BCUT2D eigenvalue weighted by atomic mass is 9.67. The maximum Gasteiger partial charge on any atom is 0.0666 e. The molecule has 1 nitrogen and oxygen atoms in total. The fraction of sp³-hybridized carbons (Fsp3) is 0.613. The lowest BCUT2D eigenvalue weighted by molar-refractivity contribution is 0.344. The van der Waals surface area contributed by atoms with Crippen molar-refractivity contribution in [2.75, 3.05) is 0 Å². The number of allylic oxidation sites excluding steroid dienone is 2. The second-order valence-electron chi connectivity index (χ2n) is 9.86. The first-order valence-corrected chi connectivity index (χ1v) is 13.0. The Kier molecular flexibility index (Phi) is 15.3. The number of hydrogen-bond acceptors (Lipinski definition) is 1. The topological polar surface area (TPSA) is 26.0 Å². The van der Waals surface area contributed by atoms with Gasteiger partial charge in [0.05, 0.1) is 5.54 Å². The summed E-state index contributed by atoms with van der Waals surface area (Å²) in [6.45, 7) is 25.6. The third-order valence-electron chi connectivity index (χ3n) is 5.68. The highest BCUT2D eigenvalue weighted by atomic mass is 14.8. The molecule has 0 saturated heterocycles. The van der Waals surface area contributed by atoms with Crippen LogP contribution in [0.2, 0.25) is 0 Å². The molecule has 0 bridgehead atoms. The molecule has 0 amide bonds. The van der Waals surface area contributed by atoms with Crippen molar-refractivity contribution >= 4 is 0 Å². The van der Waals surface area contributed by atoms with Gasteiger partial charge < -0.3 is 5.73 Å². The Balaban J connectivity index is 0.00000144. The molecule has 1 aromatic carbocycles. The van der Waals surface area contributed by atoms with E-state index < -0.39 is 5.54 Å². The van der Waals surface area contributed by atoms with Gasteiger partial charge in [0.2, 0.25) is 0 Å². The summed E-state index contributed by atoms with van der Waals surface area (Å²) in [5, 5.41) is 0. The molecule has 0 aromatic heterocycles. The van der Waals surface area contributed by atoms with Crippen LogP contribution in [-0.4, -0.2) is 0 Å². The zero-order chi connectivity index (χ0) is 24.7. The highest BCUT2D eigenvalue weighted by molar-refractivity contribution is 5.45. The molecule has 1 aliphatic rings. The van der Waals surface area contributed by atoms with E-state index in [9.17, 15) is 0 Å². The van der Waals surface area contributed by atoms with Crippen molar-refractivity contribution in [3.05, 3.63) is 70.8 Å². The zero-order valence-electron chi connectivity index (χ0n) is 22.7. The number of benzene rings is 1. The van der Waals surface area contributed by atoms with Gasteiger partial charge in [0.1, 0.15) is 0 Å². The molecule has 0 saturated carbocycles. The van der Waals surface area contributed by atoms with Gasteiger partial charge in [0.25, 0.3) is 0 Å². The van der Waals surface area contributed by atoms with Crippen LogP contribution < -0.4 is 5.73 Å². The van der Waals surface area contributed by atoms with Crippen LogP contribution in [0.25, 0.3) is 0 Å². The number of rotatable bonds is 8. The van der Waals surface area contributed by atoms with E-state index in [1.807, 2.05) is 0 Å². The first-order valence-electron chi connectivity index (χ1n) is 13.0. The zero-order valence-corrected chi connectivity index (χ0v) is 22.7. The van der Waals surface area contributed by atoms with Crippen molar-refractivity contribution in [2.24, 2.45) is 11.7 Å². The standard InChI is InChI=1S/C25H37N.2C3H8/c1-7-8-9-10-21-12-14-24(22(16-21)15-18(2)3)25(26)17-20(6)11-13-23(25)19(4)5;2*1-3-2/h12,14,16-17,23H,2,4,7-11,13,15,26H2,1,3,5-6H3;2*3H2,1-2H3. The number of nitrogens with two attached hydrogens (primary N) is 1. The largest absolute Gasteiger partial charge is 0.318 e. The molecule has 32 heavy (non-hydrogen) atoms. The Morgan fingerprint density at radius 1 is 1.03 bits per heavy atom. The van der Waals surface area contributed by atoms with Crippen molar-refractivity contribution in [1.29, 1.82) is 0 Å². The Morgan fingerprint density at radius 3 is 2.12 bits per heavy atom. The van der Waals surface area contributed by atoms with Gasteiger partial charge in [-0.3, -0.25) is 0 Å². The summed E-state index contributed by atoms with van der Waals surface area (Å²) >= 11 is 0. The Labute approximate surface area is 201 Å². The molecule has 0 aliphatic heterocycles. The first kappa shape index (κ1) is 30.4. The summed E-state index contributed by atoms with van der Waals surface area (Å²) in [6, 6.07) is 6.95. The van der Waals surface area contributed by atoms with Crippen molar-refractivity contribution in [3.63, 3.8) is 0 Å². The lowest BCUT2D eigenvalue weighted by Crippen LogP contribution is -2.45. The van der Waals surface area contributed by atoms with Crippen LogP contribution in [0.3, 0.4) is 0 Å². The molecule has 0 heterocycles. The fourth-order valence-corrected chi connectivity index (χ4v) is 4.39. The normalized spacial score (nSPS) is 19.7. The van der Waals surface area contributed by atoms with Crippen LogP contribution >= 0.6 is 0 Å². The van der Waals surface area contributed by atoms with Gasteiger partial charge in [0.15, 0.2) is 0 Å². The SMILES string of the molecule is C=C(C)Cc1cc(CCCCC)ccc1C1(N)C=C(C)CCC1C(=C)C.CCC.CCC. The third-order valence-corrected chi connectivity index (χ3v) is 5.68. The third kappa shape index (κ3) is 9.90. The highest BCUT2D eigenvalue weighted by Gasteiger charge is 2.39. The van der Waals surface area contributed by atoms with Gasteiger partial charge in [-0.25, -0.2) is 0 Å². The molecule has 0 radical (unpaired) electrons. The summed E-state index contributed by atoms with van der Waals surface area (Å²) in [4.78, 5) is 0. The fourth-order valence-electron chi connectivity index (χ4n) is 4.39. The molecule has 2 unspecified atom stereocenters. The predicted molar refractivity (Wildman–Crippen MR) is 147 cm³/mol. The summed E-state index contributed by atoms with van der Waals surface area (Å²) < 4.78 is 0. The van der Waals surface area contributed by atoms with E-state index in [0.717, 1.165) is 25.7 Å². The van der Waals surface area contributed by atoms with Gasteiger partial charge in [-0.1, -0.05) is 114 Å². The van der Waals surface area contributed by atoms with Crippen LogP contribution in [0.1, 0.15) is 117 Å². The first-order chi connectivity index (χ1) is 15.1. The maximum atomic E-state index is 7.10. The average Bonchev–Trinajstić information content (AvgIpc) is 2.68. The molecule has 2 atom stereocenters. The second kappa shape index (κ2) is 16.1. The van der Waals surface area contributed by atoms with Gasteiger partial charge in [0, 0.05) is 5.92 Å². The van der Waals surface area contributed by atoms with Crippen LogP contribution in [-0.2, 0) is 18.4 Å².